The molecule has 0 bridgehead atoms. The van der Waals surface area contributed by atoms with Crippen LogP contribution in [0.25, 0.3) is 0 Å². The highest BCUT2D eigenvalue weighted by atomic mass is 35.5. The van der Waals surface area contributed by atoms with Gasteiger partial charge in [-0.25, -0.2) is 0 Å². The average Bonchev–Trinajstić information content (AvgIpc) is 2.36. The summed E-state index contributed by atoms with van der Waals surface area (Å²) in [6.45, 7) is -1.44. The lowest BCUT2D eigenvalue weighted by molar-refractivity contribution is -0.175. The van der Waals surface area contributed by atoms with Crippen molar-refractivity contribution in [3.05, 3.63) is 23.8 Å². The van der Waals surface area contributed by atoms with E-state index >= 15 is 0 Å². The van der Waals surface area contributed by atoms with Crippen molar-refractivity contribution in [3.8, 4) is 11.5 Å². The lowest BCUT2D eigenvalue weighted by Gasteiger charge is -2.12. The van der Waals surface area contributed by atoms with Gasteiger partial charge in [-0.15, -0.1) is 11.6 Å². The van der Waals surface area contributed by atoms with E-state index in [4.69, 9.17) is 21.1 Å². The summed E-state index contributed by atoms with van der Waals surface area (Å²) in [5.41, 5.74) is 0.827. The monoisotopic (exact) mass is 298 g/mol. The summed E-state index contributed by atoms with van der Waals surface area (Å²) in [6, 6.07) is 5.14. The van der Waals surface area contributed by atoms with E-state index in [1.807, 2.05) is 0 Å². The lowest BCUT2D eigenvalue weighted by atomic mass is 10.2. The van der Waals surface area contributed by atoms with Crippen LogP contribution in [0.5, 0.6) is 11.5 Å². The molecular weight excluding hydrogens is 285 g/mol. The minimum absolute atomic E-state index is 0.00181. The molecule has 108 valence electrons. The molecule has 1 aromatic rings. The molecule has 1 aromatic carbocycles. The second kappa shape index (κ2) is 7.45. The molecule has 0 spiro atoms. The molecule has 0 aliphatic heterocycles. The van der Waals surface area contributed by atoms with Crippen molar-refractivity contribution in [2.45, 2.75) is 12.1 Å². The third-order valence-electron chi connectivity index (χ3n) is 2.13. The van der Waals surface area contributed by atoms with Crippen LogP contribution in [0.3, 0.4) is 0 Å². The van der Waals surface area contributed by atoms with Gasteiger partial charge in [-0.05, 0) is 17.7 Å². The van der Waals surface area contributed by atoms with E-state index in [0.29, 0.717) is 17.4 Å². The zero-order valence-electron chi connectivity index (χ0n) is 10.3. The summed E-state index contributed by atoms with van der Waals surface area (Å²) in [6.07, 6.45) is -4.32. The zero-order valence-corrected chi connectivity index (χ0v) is 11.1. The second-order valence-corrected chi connectivity index (χ2v) is 3.90. The van der Waals surface area contributed by atoms with Crippen molar-refractivity contribution in [2.75, 3.05) is 26.9 Å². The first kappa shape index (κ1) is 15.9. The molecule has 0 unspecified atom stereocenters. The molecule has 0 radical (unpaired) electrons. The molecule has 0 aromatic heterocycles. The summed E-state index contributed by atoms with van der Waals surface area (Å²) in [5.74, 6) is 1.23. The summed E-state index contributed by atoms with van der Waals surface area (Å²) in [4.78, 5) is 0. The van der Waals surface area contributed by atoms with Gasteiger partial charge in [0.25, 0.3) is 0 Å². The Hall–Kier alpha value is -1.14. The number of benzene rings is 1. The van der Waals surface area contributed by atoms with Crippen LogP contribution in [0.1, 0.15) is 5.56 Å². The summed E-state index contributed by atoms with van der Waals surface area (Å²) >= 11 is 5.68. The van der Waals surface area contributed by atoms with E-state index < -0.39 is 12.8 Å². The summed E-state index contributed by atoms with van der Waals surface area (Å²) in [5, 5.41) is 0. The van der Waals surface area contributed by atoms with E-state index in [1.165, 1.54) is 7.11 Å². The molecule has 0 aliphatic rings. The number of ether oxygens (including phenoxy) is 3. The molecule has 3 nitrogen and oxygen atoms in total. The summed E-state index contributed by atoms with van der Waals surface area (Å²) in [7, 11) is 1.47. The van der Waals surface area contributed by atoms with Crippen LogP contribution in [-0.4, -0.2) is 33.1 Å². The van der Waals surface area contributed by atoms with E-state index in [9.17, 15) is 13.2 Å². The van der Waals surface area contributed by atoms with Gasteiger partial charge in [-0.3, -0.25) is 0 Å². The molecule has 1 rings (SSSR count). The van der Waals surface area contributed by atoms with Crippen molar-refractivity contribution >= 4 is 11.6 Å². The van der Waals surface area contributed by atoms with Gasteiger partial charge < -0.3 is 14.2 Å². The maximum absolute atomic E-state index is 11.8. The fourth-order valence-corrected chi connectivity index (χ4v) is 1.48. The maximum Gasteiger partial charge on any atom is 0.411 e. The van der Waals surface area contributed by atoms with Crippen LogP contribution >= 0.6 is 11.6 Å². The minimum atomic E-state index is -4.32. The van der Waals surface area contributed by atoms with Crippen LogP contribution in [0.15, 0.2) is 18.2 Å². The fraction of sp³-hybridized carbons (Fsp3) is 0.500. The van der Waals surface area contributed by atoms with Gasteiger partial charge in [0.05, 0.1) is 13.7 Å². The molecular formula is C12H14ClF3O3. The number of halogens is 4. The second-order valence-electron chi connectivity index (χ2n) is 3.64. The third-order valence-corrected chi connectivity index (χ3v) is 2.44. The zero-order chi connectivity index (χ0) is 14.3. The highest BCUT2D eigenvalue weighted by molar-refractivity contribution is 6.17. The normalized spacial score (nSPS) is 11.4. The highest BCUT2D eigenvalue weighted by Crippen LogP contribution is 2.28. The first-order valence-corrected chi connectivity index (χ1v) is 6.00. The molecule has 0 saturated carbocycles. The van der Waals surface area contributed by atoms with Crippen molar-refractivity contribution in [1.82, 2.24) is 0 Å². The van der Waals surface area contributed by atoms with Gasteiger partial charge in [0.1, 0.15) is 13.2 Å². The average molecular weight is 299 g/mol. The largest absolute Gasteiger partial charge is 0.493 e. The van der Waals surface area contributed by atoms with Gasteiger partial charge in [0.15, 0.2) is 11.5 Å². The SMILES string of the molecule is COc1ccc(CCl)cc1OCCOCC(F)(F)F. The highest BCUT2D eigenvalue weighted by Gasteiger charge is 2.27. The minimum Gasteiger partial charge on any atom is -0.493 e. The van der Waals surface area contributed by atoms with Crippen LogP contribution < -0.4 is 9.47 Å². The van der Waals surface area contributed by atoms with E-state index in [0.717, 1.165) is 5.56 Å². The quantitative estimate of drug-likeness (QED) is 0.570. The molecule has 19 heavy (non-hydrogen) atoms. The molecule has 0 aliphatic carbocycles. The number of methoxy groups -OCH3 is 1. The first-order valence-electron chi connectivity index (χ1n) is 5.46. The maximum atomic E-state index is 11.8. The number of rotatable bonds is 7. The van der Waals surface area contributed by atoms with Gasteiger partial charge >= 0.3 is 6.18 Å². The lowest BCUT2D eigenvalue weighted by Crippen LogP contribution is -2.19. The Morgan fingerprint density at radius 1 is 1.16 bits per heavy atom. The topological polar surface area (TPSA) is 27.7 Å². The number of hydrogen-bond donors (Lipinski definition) is 0. The number of alkyl halides is 4. The predicted octanol–water partition coefficient (Wildman–Crippen LogP) is 3.39. The molecule has 7 heteroatoms. The van der Waals surface area contributed by atoms with Gasteiger partial charge in [-0.1, -0.05) is 6.07 Å². The molecule has 0 heterocycles. The van der Waals surface area contributed by atoms with Crippen molar-refractivity contribution in [2.24, 2.45) is 0 Å². The molecule has 0 saturated heterocycles. The smallest absolute Gasteiger partial charge is 0.411 e. The Morgan fingerprint density at radius 3 is 2.47 bits per heavy atom. The standard InChI is InChI=1S/C12H14ClF3O3/c1-17-10-3-2-9(7-13)6-11(10)19-5-4-18-8-12(14,15)16/h2-3,6H,4-5,7-8H2,1H3. The Kier molecular flexibility index (Phi) is 6.24. The van der Waals surface area contributed by atoms with Crippen LogP contribution in [-0.2, 0) is 10.6 Å². The van der Waals surface area contributed by atoms with Crippen molar-refractivity contribution in [3.63, 3.8) is 0 Å². The van der Waals surface area contributed by atoms with Crippen LogP contribution in [0, 0.1) is 0 Å². The van der Waals surface area contributed by atoms with Gasteiger partial charge in [-0.2, -0.15) is 13.2 Å². The van der Waals surface area contributed by atoms with E-state index in [2.05, 4.69) is 4.74 Å². The first-order chi connectivity index (χ1) is 8.96. The van der Waals surface area contributed by atoms with Gasteiger partial charge in [0, 0.05) is 5.88 Å². The Morgan fingerprint density at radius 2 is 1.89 bits per heavy atom. The third kappa shape index (κ3) is 6.02. The Balaban J connectivity index is 2.43. The van der Waals surface area contributed by atoms with Crippen molar-refractivity contribution in [1.29, 1.82) is 0 Å². The molecule has 0 N–H and O–H groups in total. The van der Waals surface area contributed by atoms with E-state index in [-0.39, 0.29) is 13.2 Å². The predicted molar refractivity (Wildman–Crippen MR) is 64.9 cm³/mol. The molecule has 0 amide bonds. The van der Waals surface area contributed by atoms with Gasteiger partial charge in [0.2, 0.25) is 0 Å². The molecule has 0 atom stereocenters. The fourth-order valence-electron chi connectivity index (χ4n) is 1.32. The molecule has 0 fully saturated rings. The summed E-state index contributed by atoms with van der Waals surface area (Å²) < 4.78 is 50.3. The van der Waals surface area contributed by atoms with Crippen LogP contribution in [0.4, 0.5) is 13.2 Å². The van der Waals surface area contributed by atoms with Crippen LogP contribution in [0.2, 0.25) is 0 Å². The van der Waals surface area contributed by atoms with E-state index in [1.54, 1.807) is 18.2 Å². The number of hydrogen-bond acceptors (Lipinski definition) is 3. The Bertz CT molecular complexity index is 396. The Labute approximate surface area is 114 Å². The van der Waals surface area contributed by atoms with Crippen molar-refractivity contribution < 1.29 is 27.4 Å².